The van der Waals surface area contributed by atoms with Crippen molar-refractivity contribution in [2.24, 2.45) is 5.73 Å². The van der Waals surface area contributed by atoms with E-state index in [0.29, 0.717) is 12.6 Å². The molecule has 16 heavy (non-hydrogen) atoms. The highest BCUT2D eigenvalue weighted by molar-refractivity contribution is 4.90. The Bertz CT molecular complexity index is 296. The van der Waals surface area contributed by atoms with Crippen LogP contribution < -0.4 is 5.73 Å². The highest BCUT2D eigenvalue weighted by Crippen LogP contribution is 2.03. The summed E-state index contributed by atoms with van der Waals surface area (Å²) in [4.78, 5) is 2.45. The van der Waals surface area contributed by atoms with Crippen LogP contribution in [0.15, 0.2) is 6.20 Å². The summed E-state index contributed by atoms with van der Waals surface area (Å²) in [5.74, 6) is 0. The van der Waals surface area contributed by atoms with E-state index in [9.17, 15) is 0 Å². The molecule has 1 rings (SSSR count). The van der Waals surface area contributed by atoms with Gasteiger partial charge >= 0.3 is 0 Å². The molecule has 0 bridgehead atoms. The van der Waals surface area contributed by atoms with Gasteiger partial charge in [0.2, 0.25) is 0 Å². The Morgan fingerprint density at radius 1 is 1.50 bits per heavy atom. The molecule has 0 saturated heterocycles. The van der Waals surface area contributed by atoms with Crippen molar-refractivity contribution in [1.29, 1.82) is 0 Å². The maximum absolute atomic E-state index is 5.49. The van der Waals surface area contributed by atoms with Crippen LogP contribution in [-0.2, 0) is 13.1 Å². The van der Waals surface area contributed by atoms with Gasteiger partial charge in [-0.3, -0.25) is 9.58 Å². The van der Waals surface area contributed by atoms with E-state index in [1.807, 2.05) is 10.9 Å². The van der Waals surface area contributed by atoms with Crippen molar-refractivity contribution in [3.63, 3.8) is 0 Å². The molecule has 1 unspecified atom stereocenters. The Morgan fingerprint density at radius 3 is 2.75 bits per heavy atom. The molecular weight excluding hydrogens is 202 g/mol. The molecule has 0 aliphatic heterocycles. The van der Waals surface area contributed by atoms with Crippen molar-refractivity contribution in [2.45, 2.75) is 46.3 Å². The maximum atomic E-state index is 5.49. The monoisotopic (exact) mass is 225 g/mol. The summed E-state index contributed by atoms with van der Waals surface area (Å²) >= 11 is 0. The predicted molar refractivity (Wildman–Crippen MR) is 64.9 cm³/mol. The van der Waals surface area contributed by atoms with Crippen molar-refractivity contribution in [1.82, 2.24) is 19.9 Å². The van der Waals surface area contributed by atoms with Gasteiger partial charge in [-0.15, -0.1) is 5.10 Å². The van der Waals surface area contributed by atoms with Crippen molar-refractivity contribution in [2.75, 3.05) is 13.1 Å². The fourth-order valence-electron chi connectivity index (χ4n) is 1.72. The Labute approximate surface area is 97.6 Å². The summed E-state index contributed by atoms with van der Waals surface area (Å²) < 4.78 is 1.87. The van der Waals surface area contributed by atoms with Gasteiger partial charge in [0.1, 0.15) is 0 Å². The largest absolute Gasteiger partial charge is 0.325 e. The lowest BCUT2D eigenvalue weighted by Crippen LogP contribution is -2.35. The highest BCUT2D eigenvalue weighted by Gasteiger charge is 2.09. The lowest BCUT2D eigenvalue weighted by molar-refractivity contribution is 0.203. The number of nitrogens with zero attached hydrogens (tertiary/aromatic N) is 4. The van der Waals surface area contributed by atoms with Gasteiger partial charge in [0.15, 0.2) is 0 Å². The second-order valence-electron chi connectivity index (χ2n) is 4.06. The molecule has 0 aromatic carbocycles. The lowest BCUT2D eigenvalue weighted by Gasteiger charge is -2.26. The van der Waals surface area contributed by atoms with Crippen LogP contribution in [-0.4, -0.2) is 39.0 Å². The minimum Gasteiger partial charge on any atom is -0.325 e. The summed E-state index contributed by atoms with van der Waals surface area (Å²) in [7, 11) is 0. The first-order valence-electron chi connectivity index (χ1n) is 6.04. The van der Waals surface area contributed by atoms with Gasteiger partial charge in [0.05, 0.1) is 12.2 Å². The van der Waals surface area contributed by atoms with Crippen molar-refractivity contribution < 1.29 is 0 Å². The molecule has 0 amide bonds. The molecule has 1 aromatic heterocycles. The van der Waals surface area contributed by atoms with E-state index < -0.39 is 0 Å². The molecule has 2 N–H and O–H groups in total. The summed E-state index contributed by atoms with van der Waals surface area (Å²) in [5.41, 5.74) is 6.34. The van der Waals surface area contributed by atoms with Gasteiger partial charge < -0.3 is 5.73 Å². The van der Waals surface area contributed by atoms with Gasteiger partial charge in [0.25, 0.3) is 0 Å². The van der Waals surface area contributed by atoms with Crippen LogP contribution >= 0.6 is 0 Å². The molecule has 0 saturated carbocycles. The average molecular weight is 225 g/mol. The summed E-state index contributed by atoms with van der Waals surface area (Å²) in [5, 5.41) is 8.01. The van der Waals surface area contributed by atoms with Crippen LogP contribution in [0.2, 0.25) is 0 Å². The Hall–Kier alpha value is -0.940. The third kappa shape index (κ3) is 3.57. The second-order valence-corrected chi connectivity index (χ2v) is 4.06. The van der Waals surface area contributed by atoms with E-state index >= 15 is 0 Å². The van der Waals surface area contributed by atoms with Crippen LogP contribution in [0.1, 0.15) is 32.9 Å². The predicted octanol–water partition coefficient (Wildman–Crippen LogP) is 0.857. The van der Waals surface area contributed by atoms with Crippen LogP contribution in [0.5, 0.6) is 0 Å². The van der Waals surface area contributed by atoms with Crippen LogP contribution in [0.3, 0.4) is 0 Å². The standard InChI is InChI=1S/C11H23N5/c1-4-10(3)15(5-2)6-7-16-9-11(8-12)13-14-16/h9-10H,4-8,12H2,1-3H3. The first-order chi connectivity index (χ1) is 7.71. The van der Waals surface area contributed by atoms with Gasteiger partial charge in [-0.25, -0.2) is 0 Å². The molecule has 0 aliphatic carbocycles. The van der Waals surface area contributed by atoms with Gasteiger partial charge in [0, 0.05) is 25.3 Å². The van der Waals surface area contributed by atoms with E-state index in [-0.39, 0.29) is 0 Å². The fraction of sp³-hybridized carbons (Fsp3) is 0.818. The molecule has 0 radical (unpaired) electrons. The number of nitrogens with two attached hydrogens (primary N) is 1. The van der Waals surface area contributed by atoms with E-state index in [1.54, 1.807) is 0 Å². The minimum atomic E-state index is 0.461. The topological polar surface area (TPSA) is 60.0 Å². The Balaban J connectivity index is 2.42. The molecular formula is C11H23N5. The van der Waals surface area contributed by atoms with E-state index in [2.05, 4.69) is 36.0 Å². The third-order valence-corrected chi connectivity index (χ3v) is 3.03. The first kappa shape index (κ1) is 13.1. The Kier molecular flexibility index (Phi) is 5.42. The zero-order valence-electron chi connectivity index (χ0n) is 10.6. The zero-order valence-corrected chi connectivity index (χ0v) is 10.6. The maximum Gasteiger partial charge on any atom is 0.0962 e. The van der Waals surface area contributed by atoms with Crippen LogP contribution in [0, 0.1) is 0 Å². The van der Waals surface area contributed by atoms with E-state index in [0.717, 1.165) is 25.3 Å². The van der Waals surface area contributed by atoms with E-state index in [1.165, 1.54) is 6.42 Å². The van der Waals surface area contributed by atoms with Gasteiger partial charge in [-0.05, 0) is 19.9 Å². The SMILES string of the molecule is CCC(C)N(CC)CCn1cc(CN)nn1. The van der Waals surface area contributed by atoms with Gasteiger partial charge in [-0.1, -0.05) is 19.1 Å². The van der Waals surface area contributed by atoms with Crippen molar-refractivity contribution in [3.8, 4) is 0 Å². The number of aromatic nitrogens is 3. The molecule has 0 aliphatic rings. The van der Waals surface area contributed by atoms with Crippen LogP contribution in [0.25, 0.3) is 0 Å². The molecule has 0 fully saturated rings. The third-order valence-electron chi connectivity index (χ3n) is 3.03. The van der Waals surface area contributed by atoms with Crippen molar-refractivity contribution >= 4 is 0 Å². The second kappa shape index (κ2) is 6.60. The molecule has 1 aromatic rings. The molecule has 5 nitrogen and oxygen atoms in total. The number of rotatable bonds is 7. The average Bonchev–Trinajstić information content (AvgIpc) is 2.77. The summed E-state index contributed by atoms with van der Waals surface area (Å²) in [6.45, 7) is 10.1. The first-order valence-corrected chi connectivity index (χ1v) is 6.04. The quantitative estimate of drug-likeness (QED) is 0.747. The molecule has 1 heterocycles. The minimum absolute atomic E-state index is 0.461. The zero-order chi connectivity index (χ0) is 12.0. The molecule has 92 valence electrons. The molecule has 1 atom stereocenters. The molecule has 5 heteroatoms. The number of hydrogen-bond donors (Lipinski definition) is 1. The summed E-state index contributed by atoms with van der Waals surface area (Å²) in [6, 6.07) is 0.627. The fourth-order valence-corrected chi connectivity index (χ4v) is 1.72. The summed E-state index contributed by atoms with van der Waals surface area (Å²) in [6.07, 6.45) is 3.10. The van der Waals surface area contributed by atoms with Crippen LogP contribution in [0.4, 0.5) is 0 Å². The normalized spacial score (nSPS) is 13.3. The Morgan fingerprint density at radius 2 is 2.25 bits per heavy atom. The van der Waals surface area contributed by atoms with Crippen molar-refractivity contribution in [3.05, 3.63) is 11.9 Å². The molecule has 0 spiro atoms. The number of likely N-dealkylation sites (N-methyl/N-ethyl adjacent to an activating group) is 1. The smallest absolute Gasteiger partial charge is 0.0962 e. The van der Waals surface area contributed by atoms with Gasteiger partial charge in [-0.2, -0.15) is 0 Å². The number of hydrogen-bond acceptors (Lipinski definition) is 4. The van der Waals surface area contributed by atoms with E-state index in [4.69, 9.17) is 5.73 Å². The highest BCUT2D eigenvalue weighted by atomic mass is 15.4. The lowest BCUT2D eigenvalue weighted by atomic mass is 10.2.